The van der Waals surface area contributed by atoms with Crippen molar-refractivity contribution < 1.29 is 9.32 Å². The predicted molar refractivity (Wildman–Crippen MR) is 85.9 cm³/mol. The quantitative estimate of drug-likeness (QED) is 0.878. The first-order chi connectivity index (χ1) is 11.1. The zero-order valence-electron chi connectivity index (χ0n) is 12.9. The Morgan fingerprint density at radius 2 is 2.13 bits per heavy atom. The minimum absolute atomic E-state index is 0.00646. The van der Waals surface area contributed by atoms with Crippen LogP contribution in [0.2, 0.25) is 5.02 Å². The summed E-state index contributed by atoms with van der Waals surface area (Å²) in [6.07, 6.45) is 3.45. The van der Waals surface area contributed by atoms with Gasteiger partial charge in [-0.25, -0.2) is 4.79 Å². The van der Waals surface area contributed by atoms with E-state index in [1.165, 1.54) is 6.42 Å². The van der Waals surface area contributed by atoms with E-state index in [0.29, 0.717) is 22.7 Å². The number of benzene rings is 1. The van der Waals surface area contributed by atoms with Crippen LogP contribution in [0.5, 0.6) is 0 Å². The molecule has 0 spiro atoms. The minimum atomic E-state index is -0.237. The number of halogens is 1. The Labute approximate surface area is 139 Å². The van der Waals surface area contributed by atoms with Crippen LogP contribution in [-0.4, -0.2) is 16.2 Å². The largest absolute Gasteiger partial charge is 0.340 e. The summed E-state index contributed by atoms with van der Waals surface area (Å²) in [5.74, 6) is 1.41. The second-order valence-electron chi connectivity index (χ2n) is 5.78. The van der Waals surface area contributed by atoms with Gasteiger partial charge in [0.2, 0.25) is 5.89 Å². The molecule has 7 heteroatoms. The minimum Gasteiger partial charge on any atom is -0.340 e. The van der Waals surface area contributed by atoms with E-state index in [-0.39, 0.29) is 18.6 Å². The number of urea groups is 1. The highest BCUT2D eigenvalue weighted by Crippen LogP contribution is 2.37. The molecule has 2 amide bonds. The average molecular weight is 335 g/mol. The van der Waals surface area contributed by atoms with Crippen LogP contribution >= 0.6 is 11.6 Å². The maximum atomic E-state index is 12.2. The fraction of sp³-hybridized carbons (Fsp3) is 0.438. The van der Waals surface area contributed by atoms with Crippen molar-refractivity contribution in [2.75, 3.05) is 0 Å². The summed E-state index contributed by atoms with van der Waals surface area (Å²) in [6, 6.07) is 7.39. The van der Waals surface area contributed by atoms with Crippen LogP contribution in [0, 0.1) is 12.8 Å². The van der Waals surface area contributed by atoms with Crippen molar-refractivity contribution in [3.8, 4) is 0 Å². The molecule has 1 aliphatic rings. The van der Waals surface area contributed by atoms with E-state index in [0.717, 1.165) is 18.4 Å². The predicted octanol–water partition coefficient (Wildman–Crippen LogP) is 3.37. The maximum absolute atomic E-state index is 12.2. The molecule has 2 N–H and O–H groups in total. The molecule has 0 radical (unpaired) electrons. The van der Waals surface area contributed by atoms with Gasteiger partial charge in [0.1, 0.15) is 0 Å². The van der Waals surface area contributed by atoms with E-state index in [4.69, 9.17) is 16.1 Å². The number of nitrogens with zero attached hydrogens (tertiary/aromatic N) is 2. The lowest BCUT2D eigenvalue weighted by molar-refractivity contribution is 0.207. The number of rotatable bonds is 5. The summed E-state index contributed by atoms with van der Waals surface area (Å²) in [6.45, 7) is 1.95. The molecule has 1 aromatic carbocycles. The van der Waals surface area contributed by atoms with Gasteiger partial charge in [0.05, 0.1) is 12.6 Å². The summed E-state index contributed by atoms with van der Waals surface area (Å²) < 4.78 is 4.88. The van der Waals surface area contributed by atoms with E-state index >= 15 is 0 Å². The molecule has 0 saturated heterocycles. The Kier molecular flexibility index (Phi) is 4.81. The fourth-order valence-electron chi connectivity index (χ4n) is 2.68. The summed E-state index contributed by atoms with van der Waals surface area (Å²) in [5.41, 5.74) is 1.07. The SMILES string of the molecule is Cc1nc(CNC(=O)N[C@H](c2ccc(Cl)cc2)C2CCC2)no1. The number of carbonyl (C=O) groups excluding carboxylic acids is 1. The van der Waals surface area contributed by atoms with Crippen LogP contribution in [-0.2, 0) is 6.54 Å². The molecule has 23 heavy (non-hydrogen) atoms. The molecule has 6 nitrogen and oxygen atoms in total. The number of amides is 2. The number of nitrogens with one attached hydrogen (secondary N) is 2. The van der Waals surface area contributed by atoms with Crippen LogP contribution < -0.4 is 10.6 Å². The zero-order chi connectivity index (χ0) is 16.2. The van der Waals surface area contributed by atoms with Crippen molar-refractivity contribution in [1.29, 1.82) is 0 Å². The van der Waals surface area contributed by atoms with Gasteiger partial charge < -0.3 is 15.2 Å². The third-order valence-electron chi connectivity index (χ3n) is 4.11. The second-order valence-corrected chi connectivity index (χ2v) is 6.21. The first-order valence-corrected chi connectivity index (χ1v) is 8.08. The Bertz CT molecular complexity index is 667. The van der Waals surface area contributed by atoms with Crippen LogP contribution in [0.1, 0.15) is 42.6 Å². The van der Waals surface area contributed by atoms with Gasteiger partial charge >= 0.3 is 6.03 Å². The van der Waals surface area contributed by atoms with E-state index in [1.807, 2.05) is 24.3 Å². The van der Waals surface area contributed by atoms with E-state index < -0.39 is 0 Å². The van der Waals surface area contributed by atoms with Crippen molar-refractivity contribution in [1.82, 2.24) is 20.8 Å². The molecule has 0 aliphatic heterocycles. The third kappa shape index (κ3) is 4.01. The van der Waals surface area contributed by atoms with Gasteiger partial charge in [-0.2, -0.15) is 4.98 Å². The molecule has 0 bridgehead atoms. The molecule has 1 fully saturated rings. The summed E-state index contributed by atoms with van der Waals surface area (Å²) in [4.78, 5) is 16.2. The molecule has 1 saturated carbocycles. The maximum Gasteiger partial charge on any atom is 0.315 e. The monoisotopic (exact) mass is 334 g/mol. The molecule has 122 valence electrons. The van der Waals surface area contributed by atoms with Crippen LogP contribution in [0.3, 0.4) is 0 Å². The average Bonchev–Trinajstić information content (AvgIpc) is 2.89. The zero-order valence-corrected chi connectivity index (χ0v) is 13.6. The highest BCUT2D eigenvalue weighted by atomic mass is 35.5. The second kappa shape index (κ2) is 7.00. The number of hydrogen-bond donors (Lipinski definition) is 2. The van der Waals surface area contributed by atoms with Gasteiger partial charge in [0.15, 0.2) is 5.82 Å². The van der Waals surface area contributed by atoms with Gasteiger partial charge in [0.25, 0.3) is 0 Å². The van der Waals surface area contributed by atoms with E-state index in [2.05, 4.69) is 20.8 Å². The summed E-state index contributed by atoms with van der Waals surface area (Å²) in [5, 5.41) is 10.3. The Morgan fingerprint density at radius 3 is 2.70 bits per heavy atom. The Balaban J connectivity index is 1.61. The van der Waals surface area contributed by atoms with Crippen molar-refractivity contribution in [2.45, 2.75) is 38.8 Å². The topological polar surface area (TPSA) is 80.0 Å². The van der Waals surface area contributed by atoms with E-state index in [1.54, 1.807) is 6.92 Å². The molecule has 1 atom stereocenters. The highest BCUT2D eigenvalue weighted by molar-refractivity contribution is 6.30. The van der Waals surface area contributed by atoms with Gasteiger partial charge in [-0.3, -0.25) is 0 Å². The molecule has 1 aliphatic carbocycles. The number of aromatic nitrogens is 2. The Hall–Kier alpha value is -2.08. The van der Waals surface area contributed by atoms with Crippen molar-refractivity contribution in [3.63, 3.8) is 0 Å². The molecule has 1 heterocycles. The van der Waals surface area contributed by atoms with Gasteiger partial charge in [0, 0.05) is 11.9 Å². The van der Waals surface area contributed by atoms with Gasteiger partial charge in [-0.15, -0.1) is 0 Å². The summed E-state index contributed by atoms with van der Waals surface area (Å²) >= 11 is 5.95. The first kappa shape index (κ1) is 15.8. The fourth-order valence-corrected chi connectivity index (χ4v) is 2.81. The van der Waals surface area contributed by atoms with E-state index in [9.17, 15) is 4.79 Å². The van der Waals surface area contributed by atoms with Crippen LogP contribution in [0.15, 0.2) is 28.8 Å². The third-order valence-corrected chi connectivity index (χ3v) is 4.37. The molecule has 1 aromatic heterocycles. The molecule has 3 rings (SSSR count). The lowest BCUT2D eigenvalue weighted by Crippen LogP contribution is -2.42. The van der Waals surface area contributed by atoms with Crippen LogP contribution in [0.4, 0.5) is 4.79 Å². The molecule has 2 aromatic rings. The Morgan fingerprint density at radius 1 is 1.39 bits per heavy atom. The first-order valence-electron chi connectivity index (χ1n) is 7.71. The smallest absolute Gasteiger partial charge is 0.315 e. The number of carbonyl (C=O) groups is 1. The van der Waals surface area contributed by atoms with Gasteiger partial charge in [-0.1, -0.05) is 35.3 Å². The lowest BCUT2D eigenvalue weighted by Gasteiger charge is -2.34. The lowest BCUT2D eigenvalue weighted by atomic mass is 9.77. The van der Waals surface area contributed by atoms with Crippen LogP contribution in [0.25, 0.3) is 0 Å². The molecular weight excluding hydrogens is 316 g/mol. The standard InChI is InChI=1S/C16H19ClN4O2/c1-10-19-14(21-23-10)9-18-16(22)20-15(11-3-2-4-11)12-5-7-13(17)8-6-12/h5-8,11,15H,2-4,9H2,1H3,(H2,18,20,22)/t15-/m0/s1. The molecular formula is C16H19ClN4O2. The number of aryl methyl sites for hydroxylation is 1. The van der Waals surface area contributed by atoms with Crippen molar-refractivity contribution in [3.05, 3.63) is 46.6 Å². The normalized spacial score (nSPS) is 15.7. The van der Waals surface area contributed by atoms with Gasteiger partial charge in [-0.05, 0) is 36.5 Å². The molecule has 0 unspecified atom stereocenters. The number of hydrogen-bond acceptors (Lipinski definition) is 4. The summed E-state index contributed by atoms with van der Waals surface area (Å²) in [7, 11) is 0. The highest BCUT2D eigenvalue weighted by Gasteiger charge is 2.29. The van der Waals surface area contributed by atoms with Crippen molar-refractivity contribution in [2.24, 2.45) is 5.92 Å². The van der Waals surface area contributed by atoms with Crippen molar-refractivity contribution >= 4 is 17.6 Å².